The largest absolute Gasteiger partial charge is 0.343 e. The van der Waals surface area contributed by atoms with Crippen molar-refractivity contribution in [3.63, 3.8) is 0 Å². The van der Waals surface area contributed by atoms with Gasteiger partial charge in [0, 0.05) is 19.2 Å². The van der Waals surface area contributed by atoms with Crippen molar-refractivity contribution in [2.24, 2.45) is 0 Å². The minimum atomic E-state index is -3.10. The van der Waals surface area contributed by atoms with Crippen molar-refractivity contribution in [2.75, 3.05) is 13.1 Å². The molecule has 0 radical (unpaired) electrons. The molecule has 0 bridgehead atoms. The Morgan fingerprint density at radius 3 is 2.70 bits per heavy atom. The molecule has 2 amide bonds. The molecule has 1 aliphatic rings. The molecule has 0 spiro atoms. The fourth-order valence-corrected chi connectivity index (χ4v) is 3.91. The fraction of sp³-hybridized carbons (Fsp3) is 0.316. The van der Waals surface area contributed by atoms with Gasteiger partial charge in [-0.05, 0) is 39.7 Å². The normalized spacial score (nSPS) is 17.6. The van der Waals surface area contributed by atoms with E-state index in [2.05, 4.69) is 21.2 Å². The van der Waals surface area contributed by atoms with Gasteiger partial charge in [-0.25, -0.2) is 8.78 Å². The van der Waals surface area contributed by atoms with Crippen LogP contribution in [0.5, 0.6) is 0 Å². The Balaban J connectivity index is 1.62. The third kappa shape index (κ3) is 5.12. The number of hydrogen-bond donors (Lipinski definition) is 1. The van der Waals surface area contributed by atoms with Crippen LogP contribution in [0, 0.1) is 11.3 Å². The minimum Gasteiger partial charge on any atom is -0.343 e. The van der Waals surface area contributed by atoms with Crippen LogP contribution in [0.4, 0.5) is 8.78 Å². The number of halogens is 5. The van der Waals surface area contributed by atoms with Crippen LogP contribution >= 0.6 is 39.1 Å². The van der Waals surface area contributed by atoms with Crippen molar-refractivity contribution >= 4 is 50.9 Å². The highest BCUT2D eigenvalue weighted by atomic mass is 79.9. The third-order valence-corrected chi connectivity index (χ3v) is 6.01. The van der Waals surface area contributed by atoms with Gasteiger partial charge in [0.05, 0.1) is 39.4 Å². The first-order valence-electron chi connectivity index (χ1n) is 8.74. The molecule has 6 nitrogen and oxygen atoms in total. The number of carbonyl (C=O) groups excluding carboxylic acids is 2. The molecule has 0 aliphatic carbocycles. The van der Waals surface area contributed by atoms with Crippen molar-refractivity contribution in [2.45, 2.75) is 24.9 Å². The molecule has 0 saturated carbocycles. The maximum Gasteiger partial charge on any atom is 0.268 e. The van der Waals surface area contributed by atoms with E-state index in [0.717, 1.165) is 10.5 Å². The third-order valence-electron chi connectivity index (χ3n) is 4.58. The van der Waals surface area contributed by atoms with Gasteiger partial charge in [0.25, 0.3) is 11.8 Å². The molecule has 1 aromatic heterocycles. The minimum absolute atomic E-state index is 0.276. The van der Waals surface area contributed by atoms with Crippen molar-refractivity contribution < 1.29 is 18.4 Å². The summed E-state index contributed by atoms with van der Waals surface area (Å²) in [7, 11) is 0. The lowest BCUT2D eigenvalue weighted by Gasteiger charge is -2.19. The van der Waals surface area contributed by atoms with E-state index in [1.165, 1.54) is 0 Å². The molecule has 1 atom stereocenters. The second-order valence-electron chi connectivity index (χ2n) is 6.84. The van der Waals surface area contributed by atoms with Gasteiger partial charge < -0.3 is 14.8 Å². The highest BCUT2D eigenvalue weighted by Gasteiger charge is 2.47. The summed E-state index contributed by atoms with van der Waals surface area (Å²) in [6.07, 6.45) is 0.877. The smallest absolute Gasteiger partial charge is 0.268 e. The van der Waals surface area contributed by atoms with E-state index in [4.69, 9.17) is 28.5 Å². The van der Waals surface area contributed by atoms with E-state index >= 15 is 0 Å². The fourth-order valence-electron chi connectivity index (χ4n) is 3.11. The van der Waals surface area contributed by atoms with Crippen LogP contribution in [-0.4, -0.2) is 46.3 Å². The molecule has 1 aliphatic heterocycles. The number of hydrogen-bond acceptors (Lipinski definition) is 3. The maximum atomic E-state index is 13.5. The van der Waals surface area contributed by atoms with Gasteiger partial charge in [-0.15, -0.1) is 0 Å². The lowest BCUT2D eigenvalue weighted by Crippen LogP contribution is -2.42. The Hall–Kier alpha value is -2.15. The molecule has 1 aromatic carbocycles. The number of alkyl halides is 2. The van der Waals surface area contributed by atoms with Crippen LogP contribution in [0.1, 0.15) is 22.3 Å². The Morgan fingerprint density at radius 1 is 1.30 bits per heavy atom. The summed E-state index contributed by atoms with van der Waals surface area (Å²) >= 11 is 15.3. The summed E-state index contributed by atoms with van der Waals surface area (Å²) < 4.78 is 29.3. The predicted octanol–water partition coefficient (Wildman–Crippen LogP) is 4.10. The first kappa shape index (κ1) is 22.5. The molecule has 1 fully saturated rings. The van der Waals surface area contributed by atoms with Gasteiger partial charge in [0.2, 0.25) is 5.91 Å². The Morgan fingerprint density at radius 2 is 2.03 bits per heavy atom. The van der Waals surface area contributed by atoms with Crippen LogP contribution in [0.3, 0.4) is 0 Å². The van der Waals surface area contributed by atoms with Gasteiger partial charge >= 0.3 is 0 Å². The first-order valence-corrected chi connectivity index (χ1v) is 10.3. The predicted molar refractivity (Wildman–Crippen MR) is 111 cm³/mol. The van der Waals surface area contributed by atoms with E-state index in [1.807, 2.05) is 0 Å². The second-order valence-corrected chi connectivity index (χ2v) is 8.46. The first-order chi connectivity index (χ1) is 14.1. The van der Waals surface area contributed by atoms with Crippen molar-refractivity contribution in [1.82, 2.24) is 14.8 Å². The van der Waals surface area contributed by atoms with E-state index in [-0.39, 0.29) is 5.56 Å². The zero-order valence-electron chi connectivity index (χ0n) is 15.3. The number of amides is 2. The summed E-state index contributed by atoms with van der Waals surface area (Å²) in [5.74, 6) is -4.38. The number of carbonyl (C=O) groups is 2. The van der Waals surface area contributed by atoms with Crippen LogP contribution in [-0.2, 0) is 11.3 Å². The summed E-state index contributed by atoms with van der Waals surface area (Å²) in [4.78, 5) is 25.4. The number of aromatic nitrogens is 1. The zero-order chi connectivity index (χ0) is 22.1. The number of nitrogens with zero attached hydrogens (tertiary/aromatic N) is 3. The van der Waals surface area contributed by atoms with Crippen molar-refractivity contribution in [3.8, 4) is 6.07 Å². The lowest BCUT2D eigenvalue weighted by molar-refractivity contribution is -0.131. The second kappa shape index (κ2) is 8.92. The Labute approximate surface area is 189 Å². The number of rotatable bonds is 5. The highest BCUT2D eigenvalue weighted by Crippen LogP contribution is 2.31. The van der Waals surface area contributed by atoms with Crippen molar-refractivity contribution in [1.29, 1.82) is 5.26 Å². The molecule has 11 heteroatoms. The summed E-state index contributed by atoms with van der Waals surface area (Å²) in [6, 6.07) is 7.25. The number of nitriles is 1. The molecule has 158 valence electrons. The monoisotopic (exact) mass is 518 g/mol. The van der Waals surface area contributed by atoms with Crippen LogP contribution in [0.2, 0.25) is 10.0 Å². The summed E-state index contributed by atoms with van der Waals surface area (Å²) in [5.41, 5.74) is 1.14. The van der Waals surface area contributed by atoms with Crippen molar-refractivity contribution in [3.05, 3.63) is 56.2 Å². The summed E-state index contributed by atoms with van der Waals surface area (Å²) in [6.45, 7) is -0.898. The quantitative estimate of drug-likeness (QED) is 0.646. The average molecular weight is 520 g/mol. The molecule has 1 N–H and O–H groups in total. The van der Waals surface area contributed by atoms with E-state index < -0.39 is 43.3 Å². The molecule has 2 heterocycles. The van der Waals surface area contributed by atoms with Gasteiger partial charge in [0.15, 0.2) is 0 Å². The molecule has 3 rings (SSSR count). The molecule has 2 aromatic rings. The number of benzene rings is 1. The molecule has 30 heavy (non-hydrogen) atoms. The summed E-state index contributed by atoms with van der Waals surface area (Å²) in [5, 5.41) is 12.2. The molecule has 0 unspecified atom stereocenters. The van der Waals surface area contributed by atoms with Gasteiger partial charge in [-0.1, -0.05) is 29.3 Å². The van der Waals surface area contributed by atoms with Crippen LogP contribution < -0.4 is 5.32 Å². The molecule has 1 saturated heterocycles. The Bertz CT molecular complexity index is 1040. The Kier molecular flexibility index (Phi) is 6.70. The van der Waals surface area contributed by atoms with Gasteiger partial charge in [-0.2, -0.15) is 5.26 Å². The van der Waals surface area contributed by atoms with E-state index in [9.17, 15) is 18.4 Å². The number of likely N-dealkylation sites (tertiary alicyclic amines) is 1. The lowest BCUT2D eigenvalue weighted by atomic mass is 10.2. The van der Waals surface area contributed by atoms with E-state index in [1.54, 1.807) is 41.1 Å². The number of nitrogens with one attached hydrogen (secondary N) is 1. The van der Waals surface area contributed by atoms with Gasteiger partial charge in [-0.3, -0.25) is 9.59 Å². The SMILES string of the molecule is N#C[C@@H]1CC(F)(F)CN1C(=O)CNC(=O)c1cc(Br)n(Cc2ccc(Cl)c(Cl)c2)c1. The zero-order valence-corrected chi connectivity index (χ0v) is 18.4. The topological polar surface area (TPSA) is 78.1 Å². The molecular weight excluding hydrogens is 505 g/mol. The standard InChI is InChI=1S/C19H15BrCl2F2N4O2/c20-16-4-12(9-27(16)8-11-1-2-14(21)15(22)3-11)18(30)26-7-17(29)28-10-19(23,24)5-13(28)6-25/h1-4,9,13H,5,7-8,10H2,(H,26,30)/t13-/m0/s1. The highest BCUT2D eigenvalue weighted by molar-refractivity contribution is 9.10. The van der Waals surface area contributed by atoms with E-state index in [0.29, 0.717) is 21.2 Å². The maximum absolute atomic E-state index is 13.5. The van der Waals surface area contributed by atoms with Crippen LogP contribution in [0.15, 0.2) is 35.1 Å². The van der Waals surface area contributed by atoms with Gasteiger partial charge in [0.1, 0.15) is 6.04 Å². The average Bonchev–Trinajstić information content (AvgIpc) is 3.21. The molecular formula is C19H15BrCl2F2N4O2. The van der Waals surface area contributed by atoms with Crippen LogP contribution in [0.25, 0.3) is 0 Å².